The summed E-state index contributed by atoms with van der Waals surface area (Å²) in [5.74, 6) is 0.502. The number of nitrogens with zero attached hydrogens (tertiary/aromatic N) is 4. The second kappa shape index (κ2) is 4.48. The van der Waals surface area contributed by atoms with E-state index in [-0.39, 0.29) is 23.6 Å². The van der Waals surface area contributed by atoms with E-state index in [1.165, 1.54) is 6.33 Å². The fraction of sp³-hybridized carbons (Fsp3) is 0.500. The van der Waals surface area contributed by atoms with E-state index in [2.05, 4.69) is 4.98 Å². The minimum Gasteiger partial charge on any atom is -0.351 e. The number of rotatable bonds is 2. The Bertz CT molecular complexity index is 472. The maximum absolute atomic E-state index is 10.8. The van der Waals surface area contributed by atoms with Crippen molar-refractivity contribution in [2.45, 2.75) is 13.5 Å². The van der Waals surface area contributed by atoms with Crippen LogP contribution in [0.1, 0.15) is 6.92 Å². The predicted octanol–water partition coefficient (Wildman–Crippen LogP) is 0.532. The Morgan fingerprint density at radius 3 is 2.88 bits per heavy atom. The summed E-state index contributed by atoms with van der Waals surface area (Å²) in [7, 11) is 0. The van der Waals surface area contributed by atoms with E-state index in [4.69, 9.17) is 5.41 Å². The van der Waals surface area contributed by atoms with Gasteiger partial charge in [-0.1, -0.05) is 0 Å². The molecule has 0 atom stereocenters. The lowest BCUT2D eigenvalue weighted by atomic mass is 10.4. The van der Waals surface area contributed by atoms with Crippen LogP contribution < -0.4 is 10.4 Å². The van der Waals surface area contributed by atoms with Crippen LogP contribution in [0.2, 0.25) is 0 Å². The van der Waals surface area contributed by atoms with Gasteiger partial charge in [0, 0.05) is 19.6 Å². The van der Waals surface area contributed by atoms with Crippen LogP contribution >= 0.6 is 12.4 Å². The lowest BCUT2D eigenvalue weighted by Crippen LogP contribution is -2.23. The number of nitrogens with one attached hydrogen (secondary N) is 1. The fourth-order valence-corrected chi connectivity index (χ4v) is 1.79. The molecular formula is C8H12ClN5O2. The summed E-state index contributed by atoms with van der Waals surface area (Å²) in [4.78, 5) is 15.9. The second-order valence-electron chi connectivity index (χ2n) is 3.30. The van der Waals surface area contributed by atoms with Crippen LogP contribution in [0.25, 0.3) is 0 Å². The number of likely N-dealkylation sites (N-methyl/N-ethyl adjacent to an activating group) is 1. The molecule has 0 radical (unpaired) electrons. The molecule has 1 aliphatic rings. The first kappa shape index (κ1) is 12.4. The van der Waals surface area contributed by atoms with Gasteiger partial charge in [0.15, 0.2) is 5.82 Å². The van der Waals surface area contributed by atoms with Gasteiger partial charge in [0.1, 0.15) is 0 Å². The van der Waals surface area contributed by atoms with E-state index in [0.29, 0.717) is 18.9 Å². The van der Waals surface area contributed by atoms with Gasteiger partial charge in [-0.05, 0) is 6.92 Å². The van der Waals surface area contributed by atoms with Gasteiger partial charge in [0.2, 0.25) is 5.49 Å². The molecular weight excluding hydrogens is 234 g/mol. The van der Waals surface area contributed by atoms with E-state index >= 15 is 0 Å². The number of hydrogen-bond donors (Lipinski definition) is 1. The summed E-state index contributed by atoms with van der Waals surface area (Å²) in [5.41, 5.74) is -0.469. The Labute approximate surface area is 97.8 Å². The number of halogens is 1. The predicted molar refractivity (Wildman–Crippen MR) is 59.9 cm³/mol. The molecule has 1 aromatic rings. The van der Waals surface area contributed by atoms with Crippen LogP contribution in [0.4, 0.5) is 11.5 Å². The van der Waals surface area contributed by atoms with E-state index in [9.17, 15) is 10.1 Å². The number of aromatic nitrogens is 2. The third-order valence-corrected chi connectivity index (χ3v) is 2.51. The Kier molecular flexibility index (Phi) is 3.48. The van der Waals surface area contributed by atoms with E-state index in [1.54, 1.807) is 4.57 Å². The molecule has 1 aromatic heterocycles. The molecule has 8 heteroatoms. The highest BCUT2D eigenvalue weighted by Gasteiger charge is 2.28. The molecule has 88 valence electrons. The molecule has 1 N–H and O–H groups in total. The smallest absolute Gasteiger partial charge is 0.351 e. The molecule has 2 rings (SSSR count). The van der Waals surface area contributed by atoms with Crippen LogP contribution in [0.15, 0.2) is 6.33 Å². The van der Waals surface area contributed by atoms with Crippen molar-refractivity contribution < 1.29 is 4.92 Å². The standard InChI is InChI=1S/C8H11N5O2.ClH/c1-2-11-3-4-12-5-10-7(9)6(8(11)12)13(14)15;/h5,9H,2-4H2,1H3;1H. The van der Waals surface area contributed by atoms with Gasteiger partial charge in [0.25, 0.3) is 0 Å². The summed E-state index contributed by atoms with van der Waals surface area (Å²) >= 11 is 0. The highest BCUT2D eigenvalue weighted by Crippen LogP contribution is 2.27. The molecule has 1 aliphatic heterocycles. The normalized spacial score (nSPS) is 13.2. The number of anilines is 1. The van der Waals surface area contributed by atoms with Crippen molar-refractivity contribution in [3.63, 3.8) is 0 Å². The molecule has 0 spiro atoms. The summed E-state index contributed by atoms with van der Waals surface area (Å²) in [5, 5.41) is 18.3. The Hall–Kier alpha value is -1.63. The molecule has 0 bridgehead atoms. The molecule has 0 saturated carbocycles. The van der Waals surface area contributed by atoms with Crippen LogP contribution in [0, 0.1) is 15.5 Å². The third kappa shape index (κ3) is 1.73. The van der Waals surface area contributed by atoms with Crippen LogP contribution in [0.3, 0.4) is 0 Å². The van der Waals surface area contributed by atoms with E-state index in [0.717, 1.165) is 6.54 Å². The number of fused-ring (bicyclic) bond motifs is 1. The van der Waals surface area contributed by atoms with Crippen molar-refractivity contribution in [1.82, 2.24) is 9.55 Å². The first-order chi connectivity index (χ1) is 7.15. The summed E-state index contributed by atoms with van der Waals surface area (Å²) in [6, 6.07) is 0. The molecule has 7 nitrogen and oxygen atoms in total. The highest BCUT2D eigenvalue weighted by molar-refractivity contribution is 5.85. The molecule has 0 fully saturated rings. The average molecular weight is 246 g/mol. The van der Waals surface area contributed by atoms with Crippen molar-refractivity contribution >= 4 is 23.9 Å². The summed E-state index contributed by atoms with van der Waals surface area (Å²) < 4.78 is 1.72. The van der Waals surface area contributed by atoms with Gasteiger partial charge >= 0.3 is 5.69 Å². The molecule has 0 unspecified atom stereocenters. The molecule has 2 heterocycles. The van der Waals surface area contributed by atoms with Gasteiger partial charge in [-0.25, -0.2) is 4.98 Å². The third-order valence-electron chi connectivity index (χ3n) is 2.51. The van der Waals surface area contributed by atoms with Crippen LogP contribution in [0.5, 0.6) is 0 Å². The molecule has 0 amide bonds. The molecule has 0 aliphatic carbocycles. The lowest BCUT2D eigenvalue weighted by molar-refractivity contribution is -0.386. The number of hydrogen-bond acceptors (Lipinski definition) is 5. The lowest BCUT2D eigenvalue weighted by Gasteiger charge is -2.14. The van der Waals surface area contributed by atoms with E-state index in [1.807, 2.05) is 11.8 Å². The number of nitro groups is 1. The average Bonchev–Trinajstić information content (AvgIpc) is 2.59. The minimum atomic E-state index is -0.533. The largest absolute Gasteiger partial charge is 0.353 e. The maximum atomic E-state index is 10.8. The van der Waals surface area contributed by atoms with Gasteiger partial charge in [0.05, 0.1) is 11.3 Å². The monoisotopic (exact) mass is 245 g/mol. The zero-order valence-corrected chi connectivity index (χ0v) is 9.53. The molecule has 16 heavy (non-hydrogen) atoms. The van der Waals surface area contributed by atoms with Crippen molar-refractivity contribution in [3.05, 3.63) is 21.9 Å². The first-order valence-electron chi connectivity index (χ1n) is 4.68. The van der Waals surface area contributed by atoms with Crippen LogP contribution in [-0.2, 0) is 6.54 Å². The van der Waals surface area contributed by atoms with Crippen molar-refractivity contribution in [1.29, 1.82) is 5.41 Å². The Morgan fingerprint density at radius 1 is 1.62 bits per heavy atom. The zero-order valence-electron chi connectivity index (χ0n) is 8.71. The van der Waals surface area contributed by atoms with Crippen molar-refractivity contribution in [2.75, 3.05) is 18.0 Å². The first-order valence-corrected chi connectivity index (χ1v) is 4.68. The zero-order chi connectivity index (χ0) is 11.0. The van der Waals surface area contributed by atoms with Crippen molar-refractivity contribution in [2.24, 2.45) is 0 Å². The van der Waals surface area contributed by atoms with Gasteiger partial charge in [-0.15, -0.1) is 12.4 Å². The summed E-state index contributed by atoms with van der Waals surface area (Å²) in [6.45, 7) is 4.06. The van der Waals surface area contributed by atoms with Crippen LogP contribution in [-0.4, -0.2) is 27.6 Å². The minimum absolute atomic E-state index is 0. The topological polar surface area (TPSA) is 88.1 Å². The maximum Gasteiger partial charge on any atom is 0.353 e. The quantitative estimate of drug-likeness (QED) is 0.608. The Balaban J connectivity index is 0.00000128. The second-order valence-corrected chi connectivity index (χ2v) is 3.30. The van der Waals surface area contributed by atoms with Gasteiger partial charge < -0.3 is 9.47 Å². The van der Waals surface area contributed by atoms with E-state index < -0.39 is 4.92 Å². The SMILES string of the molecule is CCN1CCn2cnc(=N)c([N+](=O)[O-])c21.Cl. The Morgan fingerprint density at radius 2 is 2.31 bits per heavy atom. The van der Waals surface area contributed by atoms with Gasteiger partial charge in [-0.3, -0.25) is 15.5 Å². The summed E-state index contributed by atoms with van der Waals surface area (Å²) in [6.07, 6.45) is 1.49. The van der Waals surface area contributed by atoms with Crippen molar-refractivity contribution in [3.8, 4) is 0 Å². The van der Waals surface area contributed by atoms with Gasteiger partial charge in [-0.2, -0.15) is 0 Å². The molecule has 0 aromatic carbocycles. The highest BCUT2D eigenvalue weighted by atomic mass is 35.5. The fourth-order valence-electron chi connectivity index (χ4n) is 1.79. The molecule has 0 saturated heterocycles.